The van der Waals surface area contributed by atoms with Crippen LogP contribution < -0.4 is 4.74 Å². The number of nitrogens with zero attached hydrogens (tertiary/aromatic N) is 2. The Kier molecular flexibility index (Phi) is 2.56. The molecule has 0 N–H and O–H groups in total. The average Bonchev–Trinajstić information content (AvgIpc) is 2.81. The summed E-state index contributed by atoms with van der Waals surface area (Å²) in [6.45, 7) is 2.44. The van der Waals surface area contributed by atoms with Crippen molar-refractivity contribution in [2.24, 2.45) is 11.8 Å². The summed E-state index contributed by atoms with van der Waals surface area (Å²) in [5, 5.41) is 0. The first-order valence-corrected chi connectivity index (χ1v) is 6.08. The lowest BCUT2D eigenvalue weighted by atomic mass is 9.99. The molecule has 1 saturated heterocycles. The number of ether oxygens (including phenoxy) is 1. The van der Waals surface area contributed by atoms with Crippen molar-refractivity contribution >= 4 is 0 Å². The molecule has 1 aliphatic heterocycles. The molecule has 2 heterocycles. The van der Waals surface area contributed by atoms with Crippen LogP contribution in [0.2, 0.25) is 0 Å². The van der Waals surface area contributed by atoms with Gasteiger partial charge in [-0.1, -0.05) is 0 Å². The third-order valence-corrected chi connectivity index (χ3v) is 3.90. The van der Waals surface area contributed by atoms with Crippen molar-refractivity contribution in [3.63, 3.8) is 0 Å². The Morgan fingerprint density at radius 1 is 1.38 bits per heavy atom. The fourth-order valence-corrected chi connectivity index (χ4v) is 3.18. The summed E-state index contributed by atoms with van der Waals surface area (Å²) in [5.74, 6) is 2.50. The van der Waals surface area contributed by atoms with E-state index < -0.39 is 0 Å². The molecule has 0 bridgehead atoms. The summed E-state index contributed by atoms with van der Waals surface area (Å²) in [7, 11) is 2.21. The third kappa shape index (κ3) is 1.80. The summed E-state index contributed by atoms with van der Waals surface area (Å²) in [6, 6.07) is 3.93. The lowest BCUT2D eigenvalue weighted by Crippen LogP contribution is -2.26. The fourth-order valence-electron chi connectivity index (χ4n) is 3.18. The summed E-state index contributed by atoms with van der Waals surface area (Å²) in [6.07, 6.45) is 6.52. The first-order chi connectivity index (χ1) is 7.83. The number of fused-ring (bicyclic) bond motifs is 1. The molecule has 3 heteroatoms. The SMILES string of the molecule is CN1C[C@H]2CC[C@@H](Oc3cccnc3)[C@H]2C1. The number of rotatable bonds is 2. The lowest BCUT2D eigenvalue weighted by molar-refractivity contribution is 0.151. The molecule has 0 aromatic carbocycles. The van der Waals surface area contributed by atoms with Gasteiger partial charge in [0.25, 0.3) is 0 Å². The minimum absolute atomic E-state index is 0.402. The third-order valence-electron chi connectivity index (χ3n) is 3.90. The highest BCUT2D eigenvalue weighted by Crippen LogP contribution is 2.39. The van der Waals surface area contributed by atoms with Crippen molar-refractivity contribution in [3.05, 3.63) is 24.5 Å². The van der Waals surface area contributed by atoms with Gasteiger partial charge in [0.15, 0.2) is 0 Å². The van der Waals surface area contributed by atoms with Gasteiger partial charge in [-0.2, -0.15) is 0 Å². The van der Waals surface area contributed by atoms with Crippen molar-refractivity contribution < 1.29 is 4.74 Å². The number of aromatic nitrogens is 1. The van der Waals surface area contributed by atoms with Crippen LogP contribution in [0, 0.1) is 11.8 Å². The molecule has 3 atom stereocenters. The maximum absolute atomic E-state index is 6.05. The van der Waals surface area contributed by atoms with E-state index >= 15 is 0 Å². The highest BCUT2D eigenvalue weighted by molar-refractivity contribution is 5.16. The van der Waals surface area contributed by atoms with Gasteiger partial charge in [0.2, 0.25) is 0 Å². The summed E-state index contributed by atoms with van der Waals surface area (Å²) in [5.41, 5.74) is 0. The van der Waals surface area contributed by atoms with E-state index in [2.05, 4.69) is 16.9 Å². The van der Waals surface area contributed by atoms with Crippen LogP contribution in [0.1, 0.15) is 12.8 Å². The van der Waals surface area contributed by atoms with Gasteiger partial charge >= 0.3 is 0 Å². The van der Waals surface area contributed by atoms with Crippen LogP contribution in [0.15, 0.2) is 24.5 Å². The van der Waals surface area contributed by atoms with Crippen LogP contribution in [0.5, 0.6) is 5.75 Å². The highest BCUT2D eigenvalue weighted by Gasteiger charge is 2.42. The number of hydrogen-bond donors (Lipinski definition) is 0. The van der Waals surface area contributed by atoms with E-state index in [0.717, 1.165) is 17.6 Å². The largest absolute Gasteiger partial charge is 0.488 e. The molecule has 3 nitrogen and oxygen atoms in total. The Hall–Kier alpha value is -1.09. The zero-order valence-electron chi connectivity index (χ0n) is 9.67. The maximum atomic E-state index is 6.05. The standard InChI is InChI=1S/C13H18N2O/c1-15-8-10-4-5-13(12(10)9-15)16-11-3-2-6-14-7-11/h2-3,6-7,10,12-13H,4-5,8-9H2,1H3/t10-,12+,13-/m1/s1. The van der Waals surface area contributed by atoms with E-state index in [1.165, 1.54) is 25.9 Å². The maximum Gasteiger partial charge on any atom is 0.138 e. The molecule has 2 fully saturated rings. The van der Waals surface area contributed by atoms with Crippen LogP contribution in [0.3, 0.4) is 0 Å². The fraction of sp³-hybridized carbons (Fsp3) is 0.615. The predicted octanol–water partition coefficient (Wildman–Crippen LogP) is 1.80. The van der Waals surface area contributed by atoms with E-state index in [1.807, 2.05) is 18.3 Å². The van der Waals surface area contributed by atoms with E-state index in [1.54, 1.807) is 6.20 Å². The Bertz CT molecular complexity index is 354. The molecule has 1 aromatic rings. The molecule has 0 amide bonds. The van der Waals surface area contributed by atoms with Crippen molar-refractivity contribution in [1.82, 2.24) is 9.88 Å². The molecule has 0 unspecified atom stereocenters. The van der Waals surface area contributed by atoms with Gasteiger partial charge in [0, 0.05) is 25.2 Å². The molecular formula is C13H18N2O. The Balaban J connectivity index is 1.68. The molecular weight excluding hydrogens is 200 g/mol. The predicted molar refractivity (Wildman–Crippen MR) is 62.4 cm³/mol. The Morgan fingerprint density at radius 2 is 2.31 bits per heavy atom. The van der Waals surface area contributed by atoms with Crippen molar-refractivity contribution in [1.29, 1.82) is 0 Å². The van der Waals surface area contributed by atoms with Gasteiger partial charge in [-0.05, 0) is 37.9 Å². The smallest absolute Gasteiger partial charge is 0.138 e. The van der Waals surface area contributed by atoms with E-state index in [9.17, 15) is 0 Å². The molecule has 1 saturated carbocycles. The van der Waals surface area contributed by atoms with Gasteiger partial charge in [-0.25, -0.2) is 0 Å². The summed E-state index contributed by atoms with van der Waals surface area (Å²) in [4.78, 5) is 6.52. The van der Waals surface area contributed by atoms with E-state index in [4.69, 9.17) is 4.74 Å². The summed E-state index contributed by atoms with van der Waals surface area (Å²) < 4.78 is 6.05. The molecule has 3 rings (SSSR count). The molecule has 1 aliphatic carbocycles. The molecule has 0 radical (unpaired) electrons. The van der Waals surface area contributed by atoms with Gasteiger partial charge < -0.3 is 9.64 Å². The first kappa shape index (κ1) is 10.1. The van der Waals surface area contributed by atoms with Crippen LogP contribution >= 0.6 is 0 Å². The molecule has 2 aliphatic rings. The number of hydrogen-bond acceptors (Lipinski definition) is 3. The number of likely N-dealkylation sites (tertiary alicyclic amines) is 1. The van der Waals surface area contributed by atoms with Crippen LogP contribution in [0.25, 0.3) is 0 Å². The second kappa shape index (κ2) is 4.06. The van der Waals surface area contributed by atoms with Crippen molar-refractivity contribution in [3.8, 4) is 5.75 Å². The quantitative estimate of drug-likeness (QED) is 0.757. The zero-order valence-corrected chi connectivity index (χ0v) is 9.67. The van der Waals surface area contributed by atoms with Gasteiger partial charge in [0.1, 0.15) is 11.9 Å². The normalized spacial score (nSPS) is 33.9. The monoisotopic (exact) mass is 218 g/mol. The van der Waals surface area contributed by atoms with Crippen molar-refractivity contribution in [2.75, 3.05) is 20.1 Å². The highest BCUT2D eigenvalue weighted by atomic mass is 16.5. The second-order valence-electron chi connectivity index (χ2n) is 5.07. The van der Waals surface area contributed by atoms with Crippen molar-refractivity contribution in [2.45, 2.75) is 18.9 Å². The van der Waals surface area contributed by atoms with E-state index in [-0.39, 0.29) is 0 Å². The van der Waals surface area contributed by atoms with Gasteiger partial charge in [-0.15, -0.1) is 0 Å². The molecule has 86 valence electrons. The second-order valence-corrected chi connectivity index (χ2v) is 5.07. The topological polar surface area (TPSA) is 25.4 Å². The van der Waals surface area contributed by atoms with Gasteiger partial charge in [0.05, 0.1) is 6.20 Å². The molecule has 1 aromatic heterocycles. The first-order valence-electron chi connectivity index (χ1n) is 6.08. The minimum atomic E-state index is 0.402. The van der Waals surface area contributed by atoms with Gasteiger partial charge in [-0.3, -0.25) is 4.98 Å². The average molecular weight is 218 g/mol. The minimum Gasteiger partial charge on any atom is -0.488 e. The Labute approximate surface area is 96.4 Å². The Morgan fingerprint density at radius 3 is 3.12 bits per heavy atom. The molecule has 16 heavy (non-hydrogen) atoms. The number of pyridine rings is 1. The molecule has 0 spiro atoms. The van der Waals surface area contributed by atoms with Crippen LogP contribution in [-0.2, 0) is 0 Å². The lowest BCUT2D eigenvalue weighted by Gasteiger charge is -2.20. The zero-order chi connectivity index (χ0) is 11.0. The summed E-state index contributed by atoms with van der Waals surface area (Å²) >= 11 is 0. The van der Waals surface area contributed by atoms with E-state index in [0.29, 0.717) is 6.10 Å². The van der Waals surface area contributed by atoms with Crippen LogP contribution in [0.4, 0.5) is 0 Å². The van der Waals surface area contributed by atoms with Crippen LogP contribution in [-0.4, -0.2) is 36.1 Å².